The van der Waals surface area contributed by atoms with E-state index in [1.165, 1.54) is 4.88 Å². The Kier molecular flexibility index (Phi) is 6.24. The van der Waals surface area contributed by atoms with E-state index in [0.29, 0.717) is 0 Å². The number of hydrogen-bond donors (Lipinski definition) is 1. The first kappa shape index (κ1) is 15.2. The van der Waals surface area contributed by atoms with Crippen LogP contribution in [0.2, 0.25) is 0 Å². The Labute approximate surface area is 124 Å². The van der Waals surface area contributed by atoms with Gasteiger partial charge >= 0.3 is 0 Å². The van der Waals surface area contributed by atoms with Gasteiger partial charge in [0.15, 0.2) is 5.76 Å². The van der Waals surface area contributed by atoms with Crippen molar-refractivity contribution in [3.05, 3.63) is 39.9 Å². The van der Waals surface area contributed by atoms with Crippen molar-refractivity contribution in [1.82, 2.24) is 15.4 Å². The Morgan fingerprint density at radius 3 is 2.95 bits per heavy atom. The second-order valence-electron chi connectivity index (χ2n) is 4.84. The fraction of sp³-hybridized carbons (Fsp3) is 0.533. The first-order valence-corrected chi connectivity index (χ1v) is 8.09. The summed E-state index contributed by atoms with van der Waals surface area (Å²) in [6.07, 6.45) is 1.13. The Morgan fingerprint density at radius 1 is 1.35 bits per heavy atom. The van der Waals surface area contributed by atoms with Gasteiger partial charge in [-0.1, -0.05) is 25.1 Å². The third-order valence-electron chi connectivity index (χ3n) is 3.13. The fourth-order valence-electron chi connectivity index (χ4n) is 2.03. The van der Waals surface area contributed by atoms with Crippen molar-refractivity contribution in [3.8, 4) is 0 Å². The van der Waals surface area contributed by atoms with E-state index in [4.69, 9.17) is 4.52 Å². The van der Waals surface area contributed by atoms with Crippen molar-refractivity contribution in [2.75, 3.05) is 13.1 Å². The van der Waals surface area contributed by atoms with E-state index in [9.17, 15) is 0 Å². The minimum atomic E-state index is 0.786. The molecule has 0 saturated carbocycles. The second kappa shape index (κ2) is 8.19. The number of thiophene rings is 1. The summed E-state index contributed by atoms with van der Waals surface area (Å²) in [5.41, 5.74) is 0.987. The Hall–Kier alpha value is -1.17. The van der Waals surface area contributed by atoms with E-state index in [2.05, 4.69) is 52.8 Å². The molecule has 0 aliphatic rings. The molecule has 2 aromatic rings. The molecular weight excluding hydrogens is 270 g/mol. The first-order valence-electron chi connectivity index (χ1n) is 7.21. The lowest BCUT2D eigenvalue weighted by Crippen LogP contribution is -2.21. The van der Waals surface area contributed by atoms with Gasteiger partial charge in [0.25, 0.3) is 0 Å². The zero-order valence-electron chi connectivity index (χ0n) is 12.3. The third-order valence-corrected chi connectivity index (χ3v) is 3.99. The average Bonchev–Trinajstić information content (AvgIpc) is 3.10. The van der Waals surface area contributed by atoms with Crippen LogP contribution in [0.4, 0.5) is 0 Å². The lowest BCUT2D eigenvalue weighted by molar-refractivity contribution is 0.235. The number of nitrogens with one attached hydrogen (secondary N) is 1. The monoisotopic (exact) mass is 293 g/mol. The van der Waals surface area contributed by atoms with Crippen LogP contribution in [-0.4, -0.2) is 23.1 Å². The van der Waals surface area contributed by atoms with Crippen LogP contribution in [0.15, 0.2) is 28.1 Å². The van der Waals surface area contributed by atoms with Gasteiger partial charge in [-0.2, -0.15) is 0 Å². The molecule has 5 heteroatoms. The molecule has 0 spiro atoms. The predicted molar refractivity (Wildman–Crippen MR) is 82.6 cm³/mol. The summed E-state index contributed by atoms with van der Waals surface area (Å²) in [5, 5.41) is 9.56. The van der Waals surface area contributed by atoms with E-state index < -0.39 is 0 Å². The normalized spacial score (nSPS) is 11.3. The molecule has 2 aromatic heterocycles. The van der Waals surface area contributed by atoms with Crippen LogP contribution in [0.3, 0.4) is 0 Å². The summed E-state index contributed by atoms with van der Waals surface area (Å²) < 4.78 is 5.42. The van der Waals surface area contributed by atoms with Gasteiger partial charge in [0.1, 0.15) is 0 Å². The summed E-state index contributed by atoms with van der Waals surface area (Å²) >= 11 is 1.80. The number of nitrogens with zero attached hydrogens (tertiary/aromatic N) is 2. The molecule has 0 aliphatic carbocycles. The lowest BCUT2D eigenvalue weighted by atomic mass is 10.3. The first-order chi connectivity index (χ1) is 9.81. The number of rotatable bonds is 9. The average molecular weight is 293 g/mol. The van der Waals surface area contributed by atoms with Crippen molar-refractivity contribution >= 4 is 11.3 Å². The van der Waals surface area contributed by atoms with Crippen LogP contribution >= 0.6 is 11.3 Å². The third kappa shape index (κ3) is 4.74. The Bertz CT molecular complexity index is 481. The van der Waals surface area contributed by atoms with Gasteiger partial charge in [0, 0.05) is 24.0 Å². The SMILES string of the molecule is CCCNCc1cc(CN(CC)Cc2cccs2)on1. The zero-order valence-corrected chi connectivity index (χ0v) is 13.1. The maximum absolute atomic E-state index is 5.42. The quantitative estimate of drug-likeness (QED) is 0.721. The lowest BCUT2D eigenvalue weighted by Gasteiger charge is -2.17. The van der Waals surface area contributed by atoms with Gasteiger partial charge in [0.2, 0.25) is 0 Å². The smallest absolute Gasteiger partial charge is 0.151 e. The van der Waals surface area contributed by atoms with Gasteiger partial charge < -0.3 is 9.84 Å². The van der Waals surface area contributed by atoms with Crippen LogP contribution in [0, 0.1) is 0 Å². The molecule has 0 amide bonds. The van der Waals surface area contributed by atoms with E-state index in [1.54, 1.807) is 11.3 Å². The molecule has 2 heterocycles. The number of hydrogen-bond acceptors (Lipinski definition) is 5. The highest BCUT2D eigenvalue weighted by Gasteiger charge is 2.10. The summed E-state index contributed by atoms with van der Waals surface area (Å²) in [6.45, 7) is 8.92. The molecule has 0 fully saturated rings. The van der Waals surface area contributed by atoms with E-state index in [-0.39, 0.29) is 0 Å². The topological polar surface area (TPSA) is 41.3 Å². The van der Waals surface area contributed by atoms with E-state index in [1.807, 2.05) is 0 Å². The Balaban J connectivity index is 1.84. The highest BCUT2D eigenvalue weighted by atomic mass is 32.1. The number of aromatic nitrogens is 1. The maximum Gasteiger partial charge on any atom is 0.151 e. The van der Waals surface area contributed by atoms with Crippen LogP contribution in [0.25, 0.3) is 0 Å². The molecule has 4 nitrogen and oxygen atoms in total. The molecule has 0 radical (unpaired) electrons. The molecule has 0 bridgehead atoms. The highest BCUT2D eigenvalue weighted by molar-refractivity contribution is 7.09. The van der Waals surface area contributed by atoms with Gasteiger partial charge in [-0.05, 0) is 31.0 Å². The predicted octanol–water partition coefficient (Wildman–Crippen LogP) is 3.26. The molecule has 0 unspecified atom stereocenters. The highest BCUT2D eigenvalue weighted by Crippen LogP contribution is 2.14. The van der Waals surface area contributed by atoms with Crippen molar-refractivity contribution in [3.63, 3.8) is 0 Å². The minimum absolute atomic E-state index is 0.786. The molecular formula is C15H23N3OS. The molecule has 20 heavy (non-hydrogen) atoms. The molecule has 1 N–H and O–H groups in total. The molecule has 0 atom stereocenters. The summed E-state index contributed by atoms with van der Waals surface area (Å²) in [4.78, 5) is 3.74. The van der Waals surface area contributed by atoms with Crippen molar-refractivity contribution in [2.45, 2.75) is 39.9 Å². The van der Waals surface area contributed by atoms with Crippen molar-refractivity contribution < 1.29 is 4.52 Å². The summed E-state index contributed by atoms with van der Waals surface area (Å²) in [7, 11) is 0. The molecule has 0 saturated heterocycles. The van der Waals surface area contributed by atoms with Crippen molar-refractivity contribution in [2.24, 2.45) is 0 Å². The van der Waals surface area contributed by atoms with Crippen LogP contribution in [0.5, 0.6) is 0 Å². The van der Waals surface area contributed by atoms with E-state index in [0.717, 1.165) is 50.6 Å². The Morgan fingerprint density at radius 2 is 2.25 bits per heavy atom. The van der Waals surface area contributed by atoms with Crippen LogP contribution < -0.4 is 5.32 Å². The van der Waals surface area contributed by atoms with Gasteiger partial charge in [-0.25, -0.2) is 0 Å². The summed E-state index contributed by atoms with van der Waals surface area (Å²) in [6, 6.07) is 6.33. The zero-order chi connectivity index (χ0) is 14.2. The van der Waals surface area contributed by atoms with E-state index >= 15 is 0 Å². The van der Waals surface area contributed by atoms with Gasteiger partial charge in [0.05, 0.1) is 12.2 Å². The minimum Gasteiger partial charge on any atom is -0.360 e. The van der Waals surface area contributed by atoms with Crippen LogP contribution in [-0.2, 0) is 19.6 Å². The molecule has 0 aliphatic heterocycles. The van der Waals surface area contributed by atoms with Crippen LogP contribution in [0.1, 0.15) is 36.6 Å². The van der Waals surface area contributed by atoms with Gasteiger partial charge in [-0.3, -0.25) is 4.90 Å². The second-order valence-corrected chi connectivity index (χ2v) is 5.88. The molecule has 2 rings (SSSR count). The largest absolute Gasteiger partial charge is 0.360 e. The van der Waals surface area contributed by atoms with Gasteiger partial charge in [-0.15, -0.1) is 11.3 Å². The molecule has 110 valence electrons. The standard InChI is InChI=1S/C15H23N3OS/c1-3-7-16-10-13-9-14(19-17-13)11-18(4-2)12-15-6-5-8-20-15/h5-6,8-9,16H,3-4,7,10-12H2,1-2H3. The maximum atomic E-state index is 5.42. The van der Waals surface area contributed by atoms with Crippen molar-refractivity contribution in [1.29, 1.82) is 0 Å². The fourth-order valence-corrected chi connectivity index (χ4v) is 2.78. The summed E-state index contributed by atoms with van der Waals surface area (Å²) in [5.74, 6) is 0.941. The molecule has 0 aromatic carbocycles.